The molecule has 2 aromatic heterocycles. The highest BCUT2D eigenvalue weighted by Gasteiger charge is 2.21. The van der Waals surface area contributed by atoms with Crippen LogP contribution in [0.4, 0.5) is 17.2 Å². The molecule has 2 aliphatic rings. The molecule has 6 rings (SSSR count). The molecule has 38 heavy (non-hydrogen) atoms. The quantitative estimate of drug-likeness (QED) is 0.331. The number of morpholine rings is 1. The summed E-state index contributed by atoms with van der Waals surface area (Å²) >= 11 is 0. The monoisotopic (exact) mass is 533 g/mol. The molecule has 0 radical (unpaired) electrons. The third-order valence-corrected chi connectivity index (χ3v) is 8.30. The average Bonchev–Trinajstić information content (AvgIpc) is 3.56. The van der Waals surface area contributed by atoms with Crippen LogP contribution in [0.15, 0.2) is 60.9 Å². The summed E-state index contributed by atoms with van der Waals surface area (Å²) in [5.74, 6) is 0.787. The van der Waals surface area contributed by atoms with Crippen molar-refractivity contribution in [2.75, 3.05) is 53.9 Å². The highest BCUT2D eigenvalue weighted by molar-refractivity contribution is 7.91. The maximum absolute atomic E-state index is 12.9. The molecule has 0 aliphatic carbocycles. The van der Waals surface area contributed by atoms with Crippen molar-refractivity contribution < 1.29 is 13.2 Å². The van der Waals surface area contributed by atoms with Gasteiger partial charge < -0.3 is 25.3 Å². The van der Waals surface area contributed by atoms with Crippen molar-refractivity contribution in [3.8, 4) is 11.3 Å². The standard InChI is InChI=1S/C27H31N7O3S/c28-21-8-9-34(16-21)23-3-1-2-19(14-23)17-38(35,36)32-22-6-4-20(5-7-22)25-15-24-26(31-25)29-18-30-27(24)33-10-12-37-13-11-33/h1-7,14-15,18,21,32H,8-13,16-17,28H2,(H,29,30,31). The molecule has 0 spiro atoms. The SMILES string of the molecule is NC1CCN(c2cccc(CS(=O)(=O)Nc3ccc(-c4cc5c(N6CCOCC6)ncnc5[nH]4)cc3)c2)C1. The number of ether oxygens (including phenoxy) is 1. The topological polar surface area (TPSA) is 129 Å². The molecule has 4 N–H and O–H groups in total. The molecule has 0 bridgehead atoms. The van der Waals surface area contributed by atoms with E-state index in [2.05, 4.69) is 29.5 Å². The Kier molecular flexibility index (Phi) is 6.64. The van der Waals surface area contributed by atoms with Gasteiger partial charge >= 0.3 is 0 Å². The van der Waals surface area contributed by atoms with Crippen LogP contribution in [0.5, 0.6) is 0 Å². The molecule has 198 valence electrons. The van der Waals surface area contributed by atoms with E-state index in [9.17, 15) is 8.42 Å². The van der Waals surface area contributed by atoms with Crippen LogP contribution in [0.2, 0.25) is 0 Å². The largest absolute Gasteiger partial charge is 0.378 e. The smallest absolute Gasteiger partial charge is 0.236 e. The minimum atomic E-state index is -3.59. The maximum atomic E-state index is 12.9. The molecule has 4 heterocycles. The van der Waals surface area contributed by atoms with Crippen LogP contribution in [0.25, 0.3) is 22.3 Å². The lowest BCUT2D eigenvalue weighted by atomic mass is 10.1. The van der Waals surface area contributed by atoms with Crippen molar-refractivity contribution in [1.29, 1.82) is 0 Å². The number of nitrogens with two attached hydrogens (primary N) is 1. The molecule has 11 heteroatoms. The van der Waals surface area contributed by atoms with Gasteiger partial charge in [-0.05, 0) is 47.9 Å². The third-order valence-electron chi connectivity index (χ3n) is 7.04. The number of nitrogens with one attached hydrogen (secondary N) is 2. The average molecular weight is 534 g/mol. The molecular formula is C27H31N7O3S. The molecule has 0 amide bonds. The van der Waals surface area contributed by atoms with E-state index >= 15 is 0 Å². The maximum Gasteiger partial charge on any atom is 0.236 e. The predicted octanol–water partition coefficient (Wildman–Crippen LogP) is 2.94. The minimum Gasteiger partial charge on any atom is -0.378 e. The summed E-state index contributed by atoms with van der Waals surface area (Å²) in [5, 5.41) is 0.951. The Balaban J connectivity index is 1.16. The number of hydrogen-bond acceptors (Lipinski definition) is 8. The first-order chi connectivity index (χ1) is 18.4. The highest BCUT2D eigenvalue weighted by atomic mass is 32.2. The summed E-state index contributed by atoms with van der Waals surface area (Å²) in [4.78, 5) is 16.7. The fourth-order valence-corrected chi connectivity index (χ4v) is 6.31. The van der Waals surface area contributed by atoms with Gasteiger partial charge in [-0.25, -0.2) is 18.4 Å². The molecule has 2 saturated heterocycles. The van der Waals surface area contributed by atoms with Crippen molar-refractivity contribution in [2.45, 2.75) is 18.2 Å². The molecule has 4 aromatic rings. The number of fused-ring (bicyclic) bond motifs is 1. The molecule has 2 fully saturated rings. The lowest BCUT2D eigenvalue weighted by molar-refractivity contribution is 0.122. The van der Waals surface area contributed by atoms with Crippen molar-refractivity contribution in [2.24, 2.45) is 5.73 Å². The zero-order valence-electron chi connectivity index (χ0n) is 21.0. The van der Waals surface area contributed by atoms with Gasteiger partial charge in [-0.1, -0.05) is 24.3 Å². The summed E-state index contributed by atoms with van der Waals surface area (Å²) in [6.45, 7) is 4.62. The van der Waals surface area contributed by atoms with Crippen LogP contribution in [0, 0.1) is 0 Å². The van der Waals surface area contributed by atoms with Crippen molar-refractivity contribution in [3.63, 3.8) is 0 Å². The van der Waals surface area contributed by atoms with E-state index in [1.165, 1.54) is 0 Å². The Bertz CT molecular complexity index is 1530. The first-order valence-corrected chi connectivity index (χ1v) is 14.5. The number of sulfonamides is 1. The molecular weight excluding hydrogens is 502 g/mol. The van der Waals surface area contributed by atoms with E-state index in [4.69, 9.17) is 10.5 Å². The van der Waals surface area contributed by atoms with E-state index in [0.29, 0.717) is 18.9 Å². The second kappa shape index (κ2) is 10.2. The minimum absolute atomic E-state index is 0.104. The summed E-state index contributed by atoms with van der Waals surface area (Å²) in [7, 11) is -3.59. The predicted molar refractivity (Wildman–Crippen MR) is 150 cm³/mol. The van der Waals surface area contributed by atoms with E-state index in [-0.39, 0.29) is 11.8 Å². The van der Waals surface area contributed by atoms with Gasteiger partial charge in [-0.15, -0.1) is 0 Å². The van der Waals surface area contributed by atoms with E-state index in [1.807, 2.05) is 42.5 Å². The van der Waals surface area contributed by atoms with Gasteiger partial charge in [0.15, 0.2) is 0 Å². The molecule has 1 unspecified atom stereocenters. The van der Waals surface area contributed by atoms with Gasteiger partial charge in [0, 0.05) is 49.3 Å². The van der Waals surface area contributed by atoms with Crippen LogP contribution in [-0.2, 0) is 20.5 Å². The Morgan fingerprint density at radius 2 is 1.84 bits per heavy atom. The van der Waals surface area contributed by atoms with Gasteiger partial charge in [0.1, 0.15) is 17.8 Å². The van der Waals surface area contributed by atoms with Gasteiger partial charge in [0.25, 0.3) is 0 Å². The molecule has 10 nitrogen and oxygen atoms in total. The first-order valence-electron chi connectivity index (χ1n) is 12.8. The Hall–Kier alpha value is -3.67. The number of rotatable bonds is 7. The van der Waals surface area contributed by atoms with E-state index in [1.54, 1.807) is 18.5 Å². The van der Waals surface area contributed by atoms with E-state index < -0.39 is 10.0 Å². The Morgan fingerprint density at radius 3 is 2.61 bits per heavy atom. The highest BCUT2D eigenvalue weighted by Crippen LogP contribution is 2.30. The number of aromatic nitrogens is 3. The zero-order valence-corrected chi connectivity index (χ0v) is 21.8. The van der Waals surface area contributed by atoms with Crippen molar-refractivity contribution in [1.82, 2.24) is 15.0 Å². The van der Waals surface area contributed by atoms with Gasteiger partial charge in [-0.2, -0.15) is 0 Å². The fraction of sp³-hybridized carbons (Fsp3) is 0.333. The van der Waals surface area contributed by atoms with Gasteiger partial charge in [0.2, 0.25) is 10.0 Å². The van der Waals surface area contributed by atoms with Gasteiger partial charge in [-0.3, -0.25) is 4.72 Å². The van der Waals surface area contributed by atoms with Crippen LogP contribution in [0.3, 0.4) is 0 Å². The Labute approximate surface area is 221 Å². The van der Waals surface area contributed by atoms with Crippen molar-refractivity contribution >= 4 is 38.2 Å². The number of benzene rings is 2. The number of anilines is 3. The van der Waals surface area contributed by atoms with Crippen LogP contribution >= 0.6 is 0 Å². The first kappa shape index (κ1) is 24.7. The van der Waals surface area contributed by atoms with Crippen molar-refractivity contribution in [3.05, 3.63) is 66.5 Å². The summed E-state index contributed by atoms with van der Waals surface area (Å²) in [5.41, 5.74) is 10.9. The molecule has 2 aromatic carbocycles. The summed E-state index contributed by atoms with van der Waals surface area (Å²) in [6, 6.07) is 17.2. The second-order valence-electron chi connectivity index (χ2n) is 9.85. The normalized spacial score (nSPS) is 18.3. The lowest BCUT2D eigenvalue weighted by Gasteiger charge is -2.27. The summed E-state index contributed by atoms with van der Waals surface area (Å²) < 4.78 is 34.0. The molecule has 0 saturated carbocycles. The third kappa shape index (κ3) is 5.31. The number of nitrogens with zero attached hydrogens (tertiary/aromatic N) is 4. The summed E-state index contributed by atoms with van der Waals surface area (Å²) in [6.07, 6.45) is 2.52. The second-order valence-corrected chi connectivity index (χ2v) is 11.6. The molecule has 1 atom stereocenters. The van der Waals surface area contributed by atoms with E-state index in [0.717, 1.165) is 72.0 Å². The zero-order chi connectivity index (χ0) is 26.1. The molecule has 2 aliphatic heterocycles. The van der Waals surface area contributed by atoms with Crippen LogP contribution < -0.4 is 20.3 Å². The van der Waals surface area contributed by atoms with Crippen LogP contribution in [-0.4, -0.2) is 68.8 Å². The Morgan fingerprint density at radius 1 is 1.03 bits per heavy atom. The number of hydrogen-bond donors (Lipinski definition) is 3. The van der Waals surface area contributed by atoms with Crippen LogP contribution in [0.1, 0.15) is 12.0 Å². The number of aromatic amines is 1. The lowest BCUT2D eigenvalue weighted by Crippen LogP contribution is -2.36. The number of H-pyrrole nitrogens is 1. The fourth-order valence-electron chi connectivity index (χ4n) is 5.13. The van der Waals surface area contributed by atoms with Gasteiger partial charge in [0.05, 0.1) is 24.4 Å².